The molecule has 1 amide bonds. The van der Waals surface area contributed by atoms with Gasteiger partial charge in [0.2, 0.25) is 0 Å². The summed E-state index contributed by atoms with van der Waals surface area (Å²) in [6, 6.07) is 13.5. The number of fused-ring (bicyclic) bond motifs is 1. The lowest BCUT2D eigenvalue weighted by Gasteiger charge is -2.10. The Balaban J connectivity index is 0.000000486. The van der Waals surface area contributed by atoms with Crippen molar-refractivity contribution in [2.75, 3.05) is 32.8 Å². The van der Waals surface area contributed by atoms with Crippen molar-refractivity contribution in [1.82, 2.24) is 25.4 Å². The quantitative estimate of drug-likeness (QED) is 0.427. The number of H-pyrrole nitrogens is 1. The van der Waals surface area contributed by atoms with E-state index in [9.17, 15) is 4.79 Å². The van der Waals surface area contributed by atoms with Gasteiger partial charge in [-0.15, -0.1) is 5.10 Å². The summed E-state index contributed by atoms with van der Waals surface area (Å²) in [5.74, 6) is 0.342. The second-order valence-electron chi connectivity index (χ2n) is 7.41. The second kappa shape index (κ2) is 11.0. The zero-order chi connectivity index (χ0) is 23.9. The Morgan fingerprint density at radius 2 is 1.97 bits per heavy atom. The van der Waals surface area contributed by atoms with Gasteiger partial charge in [0.1, 0.15) is 12.9 Å². The lowest BCUT2D eigenvalue weighted by atomic mass is 10.2. The first kappa shape index (κ1) is 23.6. The minimum absolute atomic E-state index is 0.0762. The molecule has 2 aromatic carbocycles. The maximum Gasteiger partial charge on any atom is 0.279 e. The smallest absolute Gasteiger partial charge is 0.279 e. The Hall–Kier alpha value is -3.57. The summed E-state index contributed by atoms with van der Waals surface area (Å²) in [5.41, 5.74) is 2.17. The first-order valence-corrected chi connectivity index (χ1v) is 11.6. The Kier molecular flexibility index (Phi) is 7.65. The van der Waals surface area contributed by atoms with E-state index in [1.54, 1.807) is 7.11 Å². The largest absolute Gasteiger partial charge is 0.497 e. The van der Waals surface area contributed by atoms with Gasteiger partial charge in [0.25, 0.3) is 11.9 Å². The Labute approximate surface area is 200 Å². The lowest BCUT2D eigenvalue weighted by Crippen LogP contribution is -2.21. The molecule has 11 heteroatoms. The zero-order valence-electron chi connectivity index (χ0n) is 19.2. The van der Waals surface area contributed by atoms with Crippen LogP contribution in [0.1, 0.15) is 28.9 Å². The molecule has 0 radical (unpaired) electrons. The zero-order valence-corrected chi connectivity index (χ0v) is 20.0. The highest BCUT2D eigenvalue weighted by molar-refractivity contribution is 7.99. The van der Waals surface area contributed by atoms with Crippen molar-refractivity contribution in [3.05, 3.63) is 53.7 Å². The maximum atomic E-state index is 13.1. The van der Waals surface area contributed by atoms with Gasteiger partial charge in [0.05, 0.1) is 17.5 Å². The maximum absolute atomic E-state index is 13.1. The van der Waals surface area contributed by atoms with Gasteiger partial charge in [0.15, 0.2) is 5.69 Å². The average Bonchev–Trinajstić information content (AvgIpc) is 3.63. The highest BCUT2D eigenvalue weighted by atomic mass is 32.2. The van der Waals surface area contributed by atoms with E-state index in [0.717, 1.165) is 39.5 Å². The van der Waals surface area contributed by atoms with Crippen LogP contribution in [0.25, 0.3) is 10.9 Å². The number of carbonyl (C=O) groups is 1. The SMILES string of the molecule is C1CCOC1.COc1ccc2c(c1)c(Sc1ccccc1C)c(C(=O)Nc1nn[nH]n1)n2OC. The molecule has 5 rings (SSSR count). The molecule has 0 atom stereocenters. The molecular formula is C23H26N6O4S. The van der Waals surface area contributed by atoms with Crippen molar-refractivity contribution in [3.63, 3.8) is 0 Å². The topological polar surface area (TPSA) is 116 Å². The number of aromatic amines is 1. The lowest BCUT2D eigenvalue weighted by molar-refractivity contribution is 0.0966. The summed E-state index contributed by atoms with van der Waals surface area (Å²) in [5, 5.41) is 16.8. The van der Waals surface area contributed by atoms with Gasteiger partial charge in [-0.1, -0.05) is 35.1 Å². The van der Waals surface area contributed by atoms with E-state index in [4.69, 9.17) is 14.3 Å². The highest BCUT2D eigenvalue weighted by Crippen LogP contribution is 2.40. The molecule has 0 bridgehead atoms. The molecular weight excluding hydrogens is 456 g/mol. The molecule has 1 aliphatic heterocycles. The number of ether oxygens (including phenoxy) is 2. The summed E-state index contributed by atoms with van der Waals surface area (Å²) < 4.78 is 11.8. The average molecular weight is 483 g/mol. The monoisotopic (exact) mass is 482 g/mol. The third-order valence-corrected chi connectivity index (χ3v) is 6.48. The van der Waals surface area contributed by atoms with Crippen molar-refractivity contribution in [2.45, 2.75) is 29.6 Å². The molecule has 0 spiro atoms. The van der Waals surface area contributed by atoms with E-state index in [2.05, 4.69) is 25.9 Å². The van der Waals surface area contributed by atoms with Crippen LogP contribution in [0, 0.1) is 6.92 Å². The molecule has 0 saturated carbocycles. The van der Waals surface area contributed by atoms with Crippen molar-refractivity contribution in [3.8, 4) is 5.75 Å². The third-order valence-electron chi connectivity index (χ3n) is 5.19. The van der Waals surface area contributed by atoms with Crippen LogP contribution in [-0.4, -0.2) is 58.7 Å². The van der Waals surface area contributed by atoms with E-state index in [0.29, 0.717) is 11.4 Å². The summed E-state index contributed by atoms with van der Waals surface area (Å²) >= 11 is 1.49. The van der Waals surface area contributed by atoms with E-state index >= 15 is 0 Å². The van der Waals surface area contributed by atoms with Crippen LogP contribution in [0.2, 0.25) is 0 Å². The van der Waals surface area contributed by atoms with E-state index in [-0.39, 0.29) is 5.95 Å². The number of carbonyl (C=O) groups excluding carboxylic acids is 1. The fourth-order valence-electron chi connectivity index (χ4n) is 3.50. The van der Waals surface area contributed by atoms with E-state index in [1.807, 2.05) is 49.4 Å². The van der Waals surface area contributed by atoms with Gasteiger partial charge in [-0.05, 0) is 54.8 Å². The number of hydrogen-bond donors (Lipinski definition) is 2. The predicted molar refractivity (Wildman–Crippen MR) is 128 cm³/mol. The highest BCUT2D eigenvalue weighted by Gasteiger charge is 2.26. The minimum Gasteiger partial charge on any atom is -0.497 e. The van der Waals surface area contributed by atoms with Crippen molar-refractivity contribution < 1.29 is 19.1 Å². The Morgan fingerprint density at radius 3 is 2.59 bits per heavy atom. The molecule has 2 N–H and O–H groups in total. The molecule has 4 aromatic rings. The number of benzene rings is 2. The van der Waals surface area contributed by atoms with Crippen LogP contribution in [0.5, 0.6) is 5.75 Å². The number of rotatable bonds is 6. The Morgan fingerprint density at radius 1 is 1.18 bits per heavy atom. The van der Waals surface area contributed by atoms with Crippen LogP contribution in [0.3, 0.4) is 0 Å². The van der Waals surface area contributed by atoms with Gasteiger partial charge in [-0.3, -0.25) is 10.1 Å². The fraction of sp³-hybridized carbons (Fsp3) is 0.304. The van der Waals surface area contributed by atoms with Gasteiger partial charge in [-0.2, -0.15) is 9.94 Å². The molecule has 0 unspecified atom stereocenters. The standard InChI is InChI=1S/C19H18N6O3S.C4H8O/c1-11-6-4-5-7-15(11)29-17-13-10-12(27-2)8-9-14(13)25(28-3)16(17)18(26)20-19-21-23-24-22-19;1-2-4-5-3-1/h4-10H,1-3H3,(H2,20,21,22,23,24,26);1-4H2. The van der Waals surface area contributed by atoms with Crippen molar-refractivity contribution in [1.29, 1.82) is 0 Å². The van der Waals surface area contributed by atoms with Crippen LogP contribution in [0.4, 0.5) is 5.95 Å². The fourth-order valence-corrected chi connectivity index (χ4v) is 4.64. The third kappa shape index (κ3) is 5.15. The van der Waals surface area contributed by atoms with Gasteiger partial charge < -0.3 is 14.3 Å². The van der Waals surface area contributed by atoms with Gasteiger partial charge in [-0.25, -0.2) is 0 Å². The van der Waals surface area contributed by atoms with Crippen molar-refractivity contribution in [2.24, 2.45) is 0 Å². The number of aromatic nitrogens is 5. The number of tetrazole rings is 1. The van der Waals surface area contributed by atoms with Gasteiger partial charge in [0, 0.05) is 23.5 Å². The molecule has 1 aliphatic rings. The van der Waals surface area contributed by atoms with Crippen LogP contribution >= 0.6 is 11.8 Å². The molecule has 1 saturated heterocycles. The van der Waals surface area contributed by atoms with Crippen LogP contribution < -0.4 is 14.9 Å². The van der Waals surface area contributed by atoms with Gasteiger partial charge >= 0.3 is 0 Å². The van der Waals surface area contributed by atoms with Crippen LogP contribution in [-0.2, 0) is 4.74 Å². The number of hydrogen-bond acceptors (Lipinski definition) is 8. The molecule has 0 aliphatic carbocycles. The molecule has 2 aromatic heterocycles. The molecule has 1 fully saturated rings. The number of nitrogens with zero attached hydrogens (tertiary/aromatic N) is 4. The van der Waals surface area contributed by atoms with E-state index < -0.39 is 5.91 Å². The number of methoxy groups -OCH3 is 1. The minimum atomic E-state index is -0.417. The van der Waals surface area contributed by atoms with Crippen LogP contribution in [0.15, 0.2) is 52.3 Å². The normalized spacial score (nSPS) is 12.8. The molecule has 3 heterocycles. The summed E-state index contributed by atoms with van der Waals surface area (Å²) in [6.07, 6.45) is 2.56. The molecule has 34 heavy (non-hydrogen) atoms. The van der Waals surface area contributed by atoms with Crippen molar-refractivity contribution >= 4 is 34.5 Å². The number of amides is 1. The first-order valence-electron chi connectivity index (χ1n) is 10.7. The first-order chi connectivity index (χ1) is 16.6. The molecule has 178 valence electrons. The number of aryl methyl sites for hydroxylation is 1. The number of anilines is 1. The Bertz CT molecular complexity index is 1250. The summed E-state index contributed by atoms with van der Waals surface area (Å²) in [7, 11) is 3.11. The predicted octanol–water partition coefficient (Wildman–Crippen LogP) is 3.73. The summed E-state index contributed by atoms with van der Waals surface area (Å²) in [4.78, 5) is 20.5. The summed E-state index contributed by atoms with van der Waals surface area (Å²) in [6.45, 7) is 4.03. The van der Waals surface area contributed by atoms with E-state index in [1.165, 1.54) is 36.4 Å². The number of nitrogens with one attached hydrogen (secondary N) is 2. The molecule has 10 nitrogen and oxygen atoms in total. The second-order valence-corrected chi connectivity index (χ2v) is 8.47.